The average Bonchev–Trinajstić information content (AvgIpc) is 3.14. The summed E-state index contributed by atoms with van der Waals surface area (Å²) < 4.78 is 21.2. The Morgan fingerprint density at radius 2 is 1.84 bits per heavy atom. The summed E-state index contributed by atoms with van der Waals surface area (Å²) in [5.74, 6) is -1.08. The van der Waals surface area contributed by atoms with E-state index in [1.165, 1.54) is 0 Å². The Balaban J connectivity index is 1.59. The number of carboxylic acid groups (broad SMARTS) is 1. The Labute approximate surface area is 146 Å². The largest absolute Gasteiger partial charge is 0.481 e. The van der Waals surface area contributed by atoms with E-state index in [-0.39, 0.29) is 18.9 Å². The minimum Gasteiger partial charge on any atom is -0.481 e. The fourth-order valence-corrected chi connectivity index (χ4v) is 2.20. The third kappa shape index (κ3) is 7.18. The van der Waals surface area contributed by atoms with E-state index in [0.29, 0.717) is 45.1 Å². The normalized spacial score (nSPS) is 14.6. The first-order valence-corrected chi connectivity index (χ1v) is 8.15. The highest BCUT2D eigenvalue weighted by molar-refractivity contribution is 5.94. The maximum absolute atomic E-state index is 12.1. The molecule has 8 nitrogen and oxygen atoms in total. The second-order valence-electron chi connectivity index (χ2n) is 5.32. The van der Waals surface area contributed by atoms with Crippen LogP contribution in [0.5, 0.6) is 0 Å². The van der Waals surface area contributed by atoms with E-state index in [1.54, 1.807) is 18.2 Å². The molecule has 2 rings (SSSR count). The molecule has 0 radical (unpaired) electrons. The van der Waals surface area contributed by atoms with Crippen LogP contribution in [0.4, 0.5) is 0 Å². The highest BCUT2D eigenvalue weighted by Crippen LogP contribution is 2.23. The van der Waals surface area contributed by atoms with Crippen molar-refractivity contribution in [3.8, 4) is 0 Å². The summed E-state index contributed by atoms with van der Waals surface area (Å²) in [5.41, 5.74) is 1.36. The second-order valence-corrected chi connectivity index (χ2v) is 5.32. The molecule has 1 saturated heterocycles. The van der Waals surface area contributed by atoms with Crippen LogP contribution in [0.2, 0.25) is 0 Å². The van der Waals surface area contributed by atoms with Crippen molar-refractivity contribution < 1.29 is 33.6 Å². The smallest absolute Gasteiger partial charge is 0.305 e. The molecule has 1 aliphatic rings. The number of hydrogen-bond acceptors (Lipinski definition) is 6. The van der Waals surface area contributed by atoms with Gasteiger partial charge in [-0.25, -0.2) is 0 Å². The van der Waals surface area contributed by atoms with Gasteiger partial charge >= 0.3 is 5.97 Å². The fourth-order valence-electron chi connectivity index (χ4n) is 2.20. The summed E-state index contributed by atoms with van der Waals surface area (Å²) >= 11 is 0. The maximum Gasteiger partial charge on any atom is 0.305 e. The summed E-state index contributed by atoms with van der Waals surface area (Å²) in [4.78, 5) is 22.4. The Bertz CT molecular complexity index is 558. The highest BCUT2D eigenvalue weighted by Gasteiger charge is 2.19. The van der Waals surface area contributed by atoms with E-state index in [2.05, 4.69) is 5.32 Å². The van der Waals surface area contributed by atoms with Crippen LogP contribution in [0.1, 0.15) is 28.6 Å². The summed E-state index contributed by atoms with van der Waals surface area (Å²) in [6.45, 7) is 2.67. The first kappa shape index (κ1) is 19.3. The van der Waals surface area contributed by atoms with Gasteiger partial charge in [0.2, 0.25) is 0 Å². The lowest BCUT2D eigenvalue weighted by Crippen LogP contribution is -2.27. The Kier molecular flexibility index (Phi) is 8.33. The minimum atomic E-state index is -0.890. The molecular weight excluding hydrogens is 330 g/mol. The standard InChI is InChI=1S/C17H23NO7/c19-15(20)4-6-22-8-9-23-7-5-18-16(21)13-2-1-3-14(12-13)17-24-10-11-25-17/h1-3,12,17H,4-11H2,(H,18,21)(H,19,20). The van der Waals surface area contributed by atoms with E-state index in [9.17, 15) is 9.59 Å². The molecule has 2 N–H and O–H groups in total. The lowest BCUT2D eigenvalue weighted by Gasteiger charge is -2.11. The molecule has 0 atom stereocenters. The molecule has 0 saturated carbocycles. The minimum absolute atomic E-state index is 0.0218. The van der Waals surface area contributed by atoms with E-state index in [0.717, 1.165) is 5.56 Å². The van der Waals surface area contributed by atoms with Gasteiger partial charge in [-0.1, -0.05) is 12.1 Å². The SMILES string of the molecule is O=C(O)CCOCCOCCNC(=O)c1cccc(C2OCCO2)c1. The molecular formula is C17H23NO7. The van der Waals surface area contributed by atoms with Crippen molar-refractivity contribution in [2.75, 3.05) is 46.2 Å². The predicted octanol–water partition coefficient (Wildman–Crippen LogP) is 0.970. The fraction of sp³-hybridized carbons (Fsp3) is 0.529. The topological polar surface area (TPSA) is 103 Å². The Hall–Kier alpha value is -2.00. The number of benzene rings is 1. The molecule has 1 heterocycles. The molecule has 0 unspecified atom stereocenters. The number of carbonyl (C=O) groups excluding carboxylic acids is 1. The van der Waals surface area contributed by atoms with Gasteiger partial charge < -0.3 is 29.4 Å². The zero-order valence-corrected chi connectivity index (χ0v) is 13.9. The molecule has 0 spiro atoms. The molecule has 1 amide bonds. The first-order chi connectivity index (χ1) is 12.2. The third-order valence-corrected chi connectivity index (χ3v) is 3.41. The lowest BCUT2D eigenvalue weighted by atomic mass is 10.1. The van der Waals surface area contributed by atoms with Crippen molar-refractivity contribution in [3.05, 3.63) is 35.4 Å². The van der Waals surface area contributed by atoms with Crippen molar-refractivity contribution in [1.29, 1.82) is 0 Å². The van der Waals surface area contributed by atoms with Gasteiger partial charge in [0.15, 0.2) is 6.29 Å². The monoisotopic (exact) mass is 353 g/mol. The lowest BCUT2D eigenvalue weighted by molar-refractivity contribution is -0.138. The van der Waals surface area contributed by atoms with Crippen LogP contribution in [0, 0.1) is 0 Å². The van der Waals surface area contributed by atoms with Crippen LogP contribution >= 0.6 is 0 Å². The highest BCUT2D eigenvalue weighted by atomic mass is 16.7. The Morgan fingerprint density at radius 1 is 1.12 bits per heavy atom. The summed E-state index contributed by atoms with van der Waals surface area (Å²) in [5, 5.41) is 11.2. The first-order valence-electron chi connectivity index (χ1n) is 8.15. The molecule has 1 aromatic carbocycles. The van der Waals surface area contributed by atoms with E-state index < -0.39 is 12.3 Å². The second kappa shape index (κ2) is 10.8. The number of ether oxygens (including phenoxy) is 4. The van der Waals surface area contributed by atoms with Gasteiger partial charge in [0, 0.05) is 17.7 Å². The van der Waals surface area contributed by atoms with Crippen molar-refractivity contribution in [2.45, 2.75) is 12.7 Å². The summed E-state index contributed by atoms with van der Waals surface area (Å²) in [7, 11) is 0. The van der Waals surface area contributed by atoms with E-state index >= 15 is 0 Å². The molecule has 1 aliphatic heterocycles. The number of rotatable bonds is 11. The summed E-state index contributed by atoms with van der Waals surface area (Å²) in [6.07, 6.45) is -0.427. The van der Waals surface area contributed by atoms with Crippen LogP contribution in [0.3, 0.4) is 0 Å². The number of carboxylic acids is 1. The van der Waals surface area contributed by atoms with Gasteiger partial charge in [-0.3, -0.25) is 9.59 Å². The molecule has 0 bridgehead atoms. The molecule has 0 aromatic heterocycles. The molecule has 8 heteroatoms. The van der Waals surface area contributed by atoms with Crippen molar-refractivity contribution in [2.24, 2.45) is 0 Å². The molecule has 1 fully saturated rings. The number of amides is 1. The van der Waals surface area contributed by atoms with Crippen LogP contribution < -0.4 is 5.32 Å². The Morgan fingerprint density at radius 3 is 2.56 bits per heavy atom. The van der Waals surface area contributed by atoms with Crippen LogP contribution in [-0.4, -0.2) is 63.2 Å². The number of nitrogens with one attached hydrogen (secondary N) is 1. The zero-order chi connectivity index (χ0) is 17.9. The van der Waals surface area contributed by atoms with Crippen LogP contribution in [-0.2, 0) is 23.7 Å². The zero-order valence-electron chi connectivity index (χ0n) is 13.9. The van der Waals surface area contributed by atoms with Crippen molar-refractivity contribution >= 4 is 11.9 Å². The van der Waals surface area contributed by atoms with Gasteiger partial charge in [0.05, 0.1) is 46.1 Å². The van der Waals surface area contributed by atoms with Crippen molar-refractivity contribution in [1.82, 2.24) is 5.32 Å². The van der Waals surface area contributed by atoms with Gasteiger partial charge in [0.25, 0.3) is 5.91 Å². The number of aliphatic carboxylic acids is 1. The van der Waals surface area contributed by atoms with Gasteiger partial charge in [-0.2, -0.15) is 0 Å². The number of carbonyl (C=O) groups is 2. The van der Waals surface area contributed by atoms with Crippen molar-refractivity contribution in [3.63, 3.8) is 0 Å². The number of hydrogen-bond donors (Lipinski definition) is 2. The quantitative estimate of drug-likeness (QED) is 0.571. The van der Waals surface area contributed by atoms with Gasteiger partial charge in [-0.15, -0.1) is 0 Å². The maximum atomic E-state index is 12.1. The molecule has 0 aliphatic carbocycles. The average molecular weight is 353 g/mol. The van der Waals surface area contributed by atoms with E-state index in [1.807, 2.05) is 6.07 Å². The van der Waals surface area contributed by atoms with Crippen LogP contribution in [0.25, 0.3) is 0 Å². The molecule has 25 heavy (non-hydrogen) atoms. The molecule has 138 valence electrons. The van der Waals surface area contributed by atoms with Gasteiger partial charge in [0.1, 0.15) is 0 Å². The van der Waals surface area contributed by atoms with E-state index in [4.69, 9.17) is 24.1 Å². The molecule has 1 aromatic rings. The predicted molar refractivity (Wildman–Crippen MR) is 87.3 cm³/mol. The van der Waals surface area contributed by atoms with Gasteiger partial charge in [-0.05, 0) is 12.1 Å². The summed E-state index contributed by atoms with van der Waals surface area (Å²) in [6, 6.07) is 7.13. The van der Waals surface area contributed by atoms with Crippen LogP contribution in [0.15, 0.2) is 24.3 Å². The third-order valence-electron chi connectivity index (χ3n) is 3.41.